The van der Waals surface area contributed by atoms with Gasteiger partial charge >= 0.3 is 0 Å². The molecule has 1 saturated heterocycles. The van der Waals surface area contributed by atoms with Crippen LogP contribution in [0.4, 0.5) is 5.69 Å². The molecule has 2 N–H and O–H groups in total. The molecule has 1 aromatic carbocycles. The zero-order valence-electron chi connectivity index (χ0n) is 15.7. The number of ether oxygens (including phenoxy) is 1. The van der Waals surface area contributed by atoms with Crippen molar-refractivity contribution in [2.24, 2.45) is 0 Å². The zero-order valence-corrected chi connectivity index (χ0v) is 17.2. The van der Waals surface area contributed by atoms with Gasteiger partial charge in [-0.3, -0.25) is 14.5 Å². The highest BCUT2D eigenvalue weighted by molar-refractivity contribution is 8.01. The number of thioether (sulfide) groups is 1. The summed E-state index contributed by atoms with van der Waals surface area (Å²) in [5, 5.41) is 5.93. The third-order valence-electron chi connectivity index (χ3n) is 4.60. The first-order chi connectivity index (χ1) is 12.9. The predicted molar refractivity (Wildman–Crippen MR) is 108 cm³/mol. The van der Waals surface area contributed by atoms with Gasteiger partial charge in [-0.2, -0.15) is 0 Å². The molecule has 8 heteroatoms. The minimum Gasteiger partial charge on any atom is -0.373 e. The second-order valence-electron chi connectivity index (χ2n) is 7.16. The Balaban J connectivity index is 1.39. The van der Waals surface area contributed by atoms with E-state index < -0.39 is 5.25 Å². The number of amides is 2. The summed E-state index contributed by atoms with van der Waals surface area (Å²) in [5.74, 6) is -0.245. The minimum absolute atomic E-state index is 0.0937. The molecule has 0 unspecified atom stereocenters. The van der Waals surface area contributed by atoms with Crippen molar-refractivity contribution >= 4 is 40.9 Å². The molecule has 1 aromatic rings. The lowest BCUT2D eigenvalue weighted by Crippen LogP contribution is -2.46. The molecule has 0 radical (unpaired) electrons. The summed E-state index contributed by atoms with van der Waals surface area (Å²) in [6.45, 7) is 7.59. The SMILES string of the molecule is C[C@@H]1CN(CCCNC(=O)C[C@H]2Sc3ccc(Cl)cc3NC2=O)C[C@H](C)O1. The Labute approximate surface area is 169 Å². The summed E-state index contributed by atoms with van der Waals surface area (Å²) in [4.78, 5) is 27.8. The molecule has 2 aliphatic heterocycles. The third-order valence-corrected chi connectivity index (χ3v) is 6.11. The Bertz CT molecular complexity index is 693. The van der Waals surface area contributed by atoms with Gasteiger partial charge in [0.05, 0.1) is 23.1 Å². The van der Waals surface area contributed by atoms with Gasteiger partial charge in [-0.05, 0) is 38.5 Å². The number of carbonyl (C=O) groups excluding carboxylic acids is 2. The summed E-state index contributed by atoms with van der Waals surface area (Å²) in [6, 6.07) is 5.39. The average molecular weight is 412 g/mol. The van der Waals surface area contributed by atoms with Crippen LogP contribution in [0.2, 0.25) is 5.02 Å². The molecule has 2 amide bonds. The van der Waals surface area contributed by atoms with Gasteiger partial charge < -0.3 is 15.4 Å². The van der Waals surface area contributed by atoms with Crippen LogP contribution < -0.4 is 10.6 Å². The fourth-order valence-corrected chi connectivity index (χ4v) is 4.76. The first-order valence-corrected chi connectivity index (χ1v) is 10.6. The van der Waals surface area contributed by atoms with Crippen molar-refractivity contribution < 1.29 is 14.3 Å². The minimum atomic E-state index is -0.417. The van der Waals surface area contributed by atoms with E-state index >= 15 is 0 Å². The fraction of sp³-hybridized carbons (Fsp3) is 0.579. The van der Waals surface area contributed by atoms with Gasteiger partial charge in [0.1, 0.15) is 0 Å². The highest BCUT2D eigenvalue weighted by Gasteiger charge is 2.29. The Morgan fingerprint density at radius 1 is 1.37 bits per heavy atom. The maximum atomic E-state index is 12.2. The standard InChI is InChI=1S/C19H26ClN3O3S/c1-12-10-23(11-13(2)26-12)7-3-6-21-18(24)9-17-19(25)22-15-8-14(20)4-5-16(15)27-17/h4-5,8,12-13,17H,3,6-7,9-11H2,1-2H3,(H,21,24)(H,22,25)/t12-,13+,17-/m1/s1. The number of hydrogen-bond acceptors (Lipinski definition) is 5. The van der Waals surface area contributed by atoms with E-state index in [0.717, 1.165) is 31.0 Å². The molecule has 148 valence electrons. The van der Waals surface area contributed by atoms with Crippen molar-refractivity contribution in [2.45, 2.75) is 49.0 Å². The van der Waals surface area contributed by atoms with Gasteiger partial charge in [0.15, 0.2) is 0 Å². The van der Waals surface area contributed by atoms with Crippen LogP contribution in [0, 0.1) is 0 Å². The molecule has 2 aliphatic rings. The summed E-state index contributed by atoms with van der Waals surface area (Å²) < 4.78 is 5.73. The van der Waals surface area contributed by atoms with Gasteiger partial charge in [-0.15, -0.1) is 11.8 Å². The lowest BCUT2D eigenvalue weighted by Gasteiger charge is -2.35. The maximum absolute atomic E-state index is 12.2. The van der Waals surface area contributed by atoms with E-state index in [4.69, 9.17) is 16.3 Å². The van der Waals surface area contributed by atoms with Crippen molar-refractivity contribution in [1.82, 2.24) is 10.2 Å². The van der Waals surface area contributed by atoms with Crippen LogP contribution in [0.1, 0.15) is 26.7 Å². The van der Waals surface area contributed by atoms with Gasteiger partial charge in [-0.1, -0.05) is 11.6 Å². The number of carbonyl (C=O) groups is 2. The van der Waals surface area contributed by atoms with Crippen molar-refractivity contribution in [2.75, 3.05) is 31.5 Å². The number of nitrogens with zero attached hydrogens (tertiary/aromatic N) is 1. The van der Waals surface area contributed by atoms with Crippen LogP contribution in [0.15, 0.2) is 23.1 Å². The highest BCUT2D eigenvalue weighted by Crippen LogP contribution is 2.38. The predicted octanol–water partition coefficient (Wildman–Crippen LogP) is 2.76. The number of benzene rings is 1. The molecule has 27 heavy (non-hydrogen) atoms. The van der Waals surface area contributed by atoms with Gasteiger partial charge in [-0.25, -0.2) is 0 Å². The van der Waals surface area contributed by atoms with E-state index in [1.165, 1.54) is 11.8 Å². The fourth-order valence-electron chi connectivity index (χ4n) is 3.50. The number of rotatable bonds is 6. The molecule has 6 nitrogen and oxygen atoms in total. The largest absolute Gasteiger partial charge is 0.373 e. The summed E-state index contributed by atoms with van der Waals surface area (Å²) >= 11 is 7.36. The number of nitrogens with one attached hydrogen (secondary N) is 2. The molecule has 1 fully saturated rings. The van der Waals surface area contributed by atoms with E-state index in [9.17, 15) is 9.59 Å². The molecule has 0 bridgehead atoms. The van der Waals surface area contributed by atoms with E-state index in [1.807, 2.05) is 6.07 Å². The lowest BCUT2D eigenvalue weighted by atomic mass is 10.2. The monoisotopic (exact) mass is 411 g/mol. The maximum Gasteiger partial charge on any atom is 0.238 e. The van der Waals surface area contributed by atoms with Crippen molar-refractivity contribution in [3.8, 4) is 0 Å². The smallest absolute Gasteiger partial charge is 0.238 e. The average Bonchev–Trinajstić information content (AvgIpc) is 2.59. The lowest BCUT2D eigenvalue weighted by molar-refractivity contribution is -0.124. The van der Waals surface area contributed by atoms with Crippen molar-refractivity contribution in [3.63, 3.8) is 0 Å². The number of halogens is 1. The summed E-state index contributed by atoms with van der Waals surface area (Å²) in [6.07, 6.45) is 1.56. The third kappa shape index (κ3) is 5.85. The molecular formula is C19H26ClN3O3S. The molecule has 0 saturated carbocycles. The normalized spacial score (nSPS) is 25.6. The Hall–Kier alpha value is -1.28. The first-order valence-electron chi connectivity index (χ1n) is 9.32. The first kappa shape index (κ1) is 20.5. The number of fused-ring (bicyclic) bond motifs is 1. The van der Waals surface area contributed by atoms with Crippen LogP contribution in [0.5, 0.6) is 0 Å². The topological polar surface area (TPSA) is 70.7 Å². The van der Waals surface area contributed by atoms with Crippen LogP contribution in [-0.2, 0) is 14.3 Å². The van der Waals surface area contributed by atoms with Crippen molar-refractivity contribution in [1.29, 1.82) is 0 Å². The van der Waals surface area contributed by atoms with E-state index in [0.29, 0.717) is 17.3 Å². The van der Waals surface area contributed by atoms with Crippen LogP contribution in [0.3, 0.4) is 0 Å². The number of hydrogen-bond donors (Lipinski definition) is 2. The highest BCUT2D eigenvalue weighted by atomic mass is 35.5. The Morgan fingerprint density at radius 2 is 2.11 bits per heavy atom. The van der Waals surface area contributed by atoms with Gasteiger partial charge in [0.2, 0.25) is 11.8 Å². The Kier molecular flexibility index (Phi) is 7.03. The zero-order chi connectivity index (χ0) is 19.4. The molecular weight excluding hydrogens is 386 g/mol. The molecule has 0 aliphatic carbocycles. The van der Waals surface area contributed by atoms with E-state index in [-0.39, 0.29) is 30.4 Å². The molecule has 3 rings (SSSR count). The van der Waals surface area contributed by atoms with Crippen molar-refractivity contribution in [3.05, 3.63) is 23.2 Å². The van der Waals surface area contributed by atoms with E-state index in [2.05, 4.69) is 29.4 Å². The van der Waals surface area contributed by atoms with Crippen LogP contribution in [0.25, 0.3) is 0 Å². The summed E-state index contributed by atoms with van der Waals surface area (Å²) in [5.41, 5.74) is 0.711. The van der Waals surface area contributed by atoms with Gasteiger partial charge in [0.25, 0.3) is 0 Å². The molecule has 0 aromatic heterocycles. The quantitative estimate of drug-likeness (QED) is 0.704. The molecule has 2 heterocycles. The number of morpholine rings is 1. The van der Waals surface area contributed by atoms with Gasteiger partial charge in [0, 0.05) is 42.5 Å². The summed E-state index contributed by atoms with van der Waals surface area (Å²) in [7, 11) is 0. The van der Waals surface area contributed by atoms with E-state index in [1.54, 1.807) is 12.1 Å². The van der Waals surface area contributed by atoms with Crippen LogP contribution in [-0.4, -0.2) is 60.4 Å². The Morgan fingerprint density at radius 3 is 2.85 bits per heavy atom. The second kappa shape index (κ2) is 9.28. The van der Waals surface area contributed by atoms with Crippen LogP contribution >= 0.6 is 23.4 Å². The second-order valence-corrected chi connectivity index (χ2v) is 8.84. The number of anilines is 1. The molecule has 0 spiro atoms. The molecule has 3 atom stereocenters.